The van der Waals surface area contributed by atoms with Crippen LogP contribution in [0.3, 0.4) is 0 Å². The number of hydrogen-bond acceptors (Lipinski definition) is 8. The lowest BCUT2D eigenvalue weighted by atomic mass is 9.98. The van der Waals surface area contributed by atoms with Crippen LogP contribution in [0.25, 0.3) is 11.1 Å². The quantitative estimate of drug-likeness (QED) is 0.246. The van der Waals surface area contributed by atoms with E-state index >= 15 is 0 Å². The summed E-state index contributed by atoms with van der Waals surface area (Å²) in [6, 6.07) is 16.0. The fraction of sp³-hybridized carbons (Fsp3) is 0.448. The van der Waals surface area contributed by atoms with Crippen LogP contribution < -0.4 is 0 Å². The summed E-state index contributed by atoms with van der Waals surface area (Å²) in [7, 11) is 1.21. The Labute approximate surface area is 217 Å². The molecule has 0 aliphatic heterocycles. The van der Waals surface area contributed by atoms with Crippen LogP contribution in [0.5, 0.6) is 0 Å². The van der Waals surface area contributed by atoms with Crippen molar-refractivity contribution in [2.24, 2.45) is 5.92 Å². The number of benzene rings is 2. The fourth-order valence-electron chi connectivity index (χ4n) is 4.30. The molecule has 2 aromatic carbocycles. The first-order valence-electron chi connectivity index (χ1n) is 12.4. The van der Waals surface area contributed by atoms with Crippen LogP contribution in [0.4, 0.5) is 0 Å². The summed E-state index contributed by atoms with van der Waals surface area (Å²) in [5.74, 6) is -3.53. The summed E-state index contributed by atoms with van der Waals surface area (Å²) in [6.07, 6.45) is -0.295. The summed E-state index contributed by atoms with van der Waals surface area (Å²) < 4.78 is 20.7. The highest BCUT2D eigenvalue weighted by molar-refractivity contribution is 5.84. The minimum atomic E-state index is -1.05. The van der Waals surface area contributed by atoms with Crippen molar-refractivity contribution in [1.82, 2.24) is 0 Å². The van der Waals surface area contributed by atoms with Gasteiger partial charge in [-0.25, -0.2) is 0 Å². The zero-order valence-electron chi connectivity index (χ0n) is 21.8. The van der Waals surface area contributed by atoms with E-state index in [1.54, 1.807) is 20.8 Å². The second-order valence-corrected chi connectivity index (χ2v) is 9.95. The van der Waals surface area contributed by atoms with Crippen molar-refractivity contribution in [2.45, 2.75) is 58.0 Å². The molecular weight excluding hydrogens is 476 g/mol. The zero-order valence-corrected chi connectivity index (χ0v) is 21.8. The monoisotopic (exact) mass is 510 g/mol. The van der Waals surface area contributed by atoms with E-state index in [9.17, 15) is 19.2 Å². The molecule has 2 aromatic rings. The first-order valence-corrected chi connectivity index (χ1v) is 12.4. The Morgan fingerprint density at radius 2 is 1.38 bits per heavy atom. The topological polar surface area (TPSA) is 105 Å². The molecule has 37 heavy (non-hydrogen) atoms. The van der Waals surface area contributed by atoms with Gasteiger partial charge < -0.3 is 18.9 Å². The normalized spacial score (nSPS) is 13.2. The molecule has 0 radical (unpaired) electrons. The summed E-state index contributed by atoms with van der Waals surface area (Å²) in [5, 5.41) is 0. The van der Waals surface area contributed by atoms with Gasteiger partial charge in [-0.2, -0.15) is 0 Å². The lowest BCUT2D eigenvalue weighted by Crippen LogP contribution is -2.26. The summed E-state index contributed by atoms with van der Waals surface area (Å²) >= 11 is 0. The molecule has 0 unspecified atom stereocenters. The van der Waals surface area contributed by atoms with Crippen molar-refractivity contribution in [3.8, 4) is 11.1 Å². The molecular formula is C29H34O8. The maximum atomic E-state index is 12.7. The van der Waals surface area contributed by atoms with Crippen LogP contribution >= 0.6 is 0 Å². The molecule has 0 aromatic heterocycles. The molecule has 0 fully saturated rings. The number of methoxy groups -OCH3 is 1. The fourth-order valence-corrected chi connectivity index (χ4v) is 4.30. The molecule has 1 aliphatic rings. The van der Waals surface area contributed by atoms with Gasteiger partial charge in [0, 0.05) is 12.3 Å². The first kappa shape index (κ1) is 27.9. The van der Waals surface area contributed by atoms with Crippen molar-refractivity contribution < 1.29 is 38.1 Å². The average Bonchev–Trinajstić information content (AvgIpc) is 3.17. The van der Waals surface area contributed by atoms with Crippen molar-refractivity contribution in [3.63, 3.8) is 0 Å². The maximum absolute atomic E-state index is 12.7. The van der Waals surface area contributed by atoms with Gasteiger partial charge in [-0.05, 0) is 49.4 Å². The molecule has 0 saturated heterocycles. The largest absolute Gasteiger partial charge is 0.469 e. The smallest absolute Gasteiger partial charge is 0.310 e. The van der Waals surface area contributed by atoms with E-state index in [-0.39, 0.29) is 44.8 Å². The van der Waals surface area contributed by atoms with E-state index in [0.717, 1.165) is 22.3 Å². The van der Waals surface area contributed by atoms with Crippen LogP contribution in [-0.4, -0.2) is 49.8 Å². The second kappa shape index (κ2) is 12.5. The summed E-state index contributed by atoms with van der Waals surface area (Å²) in [4.78, 5) is 49.0. The molecule has 0 N–H and O–H groups in total. The Kier molecular flexibility index (Phi) is 9.44. The van der Waals surface area contributed by atoms with Crippen LogP contribution in [0.15, 0.2) is 48.5 Å². The van der Waals surface area contributed by atoms with Crippen LogP contribution in [-0.2, 0) is 38.1 Å². The van der Waals surface area contributed by atoms with Gasteiger partial charge in [0.25, 0.3) is 0 Å². The minimum Gasteiger partial charge on any atom is -0.469 e. The van der Waals surface area contributed by atoms with Gasteiger partial charge in [-0.3, -0.25) is 19.2 Å². The Morgan fingerprint density at radius 3 is 1.95 bits per heavy atom. The third-order valence-electron chi connectivity index (χ3n) is 5.95. The first-order chi connectivity index (χ1) is 17.6. The summed E-state index contributed by atoms with van der Waals surface area (Å²) in [6.45, 7) is 5.38. The Bertz CT molecular complexity index is 1090. The molecule has 0 spiro atoms. The lowest BCUT2D eigenvalue weighted by molar-refractivity contribution is -0.159. The van der Waals surface area contributed by atoms with E-state index in [4.69, 9.17) is 14.2 Å². The van der Waals surface area contributed by atoms with Crippen molar-refractivity contribution in [1.29, 1.82) is 0 Å². The molecule has 1 atom stereocenters. The van der Waals surface area contributed by atoms with Crippen LogP contribution in [0.2, 0.25) is 0 Å². The number of carbonyl (C=O) groups is 4. The van der Waals surface area contributed by atoms with Gasteiger partial charge in [-0.15, -0.1) is 0 Å². The van der Waals surface area contributed by atoms with E-state index < -0.39 is 35.4 Å². The predicted molar refractivity (Wildman–Crippen MR) is 135 cm³/mol. The van der Waals surface area contributed by atoms with Crippen molar-refractivity contribution >= 4 is 23.9 Å². The third-order valence-corrected chi connectivity index (χ3v) is 5.95. The van der Waals surface area contributed by atoms with Crippen LogP contribution in [0, 0.1) is 5.92 Å². The van der Waals surface area contributed by atoms with E-state index in [0.29, 0.717) is 0 Å². The molecule has 8 nitrogen and oxygen atoms in total. The molecule has 0 saturated carbocycles. The number of hydrogen-bond donors (Lipinski definition) is 0. The summed E-state index contributed by atoms with van der Waals surface area (Å²) in [5.41, 5.74) is 3.77. The van der Waals surface area contributed by atoms with Crippen molar-refractivity contribution in [2.75, 3.05) is 20.3 Å². The highest BCUT2D eigenvalue weighted by Crippen LogP contribution is 2.44. The molecule has 198 valence electrons. The number of carbonyl (C=O) groups excluding carboxylic acids is 4. The van der Waals surface area contributed by atoms with Gasteiger partial charge in [0.05, 0.1) is 32.5 Å². The number of ether oxygens (including phenoxy) is 4. The highest BCUT2D eigenvalue weighted by atomic mass is 16.6. The SMILES string of the molecule is COC(=O)C[C@H](CC(=O)OCC1c2ccccc2-c2ccccc21)C(=O)OCCCC(=O)OC(C)(C)C. The zero-order chi connectivity index (χ0) is 27.0. The molecule has 0 amide bonds. The van der Waals surface area contributed by atoms with Gasteiger partial charge in [-0.1, -0.05) is 48.5 Å². The average molecular weight is 511 g/mol. The number of rotatable bonds is 11. The third kappa shape index (κ3) is 7.90. The van der Waals surface area contributed by atoms with Gasteiger partial charge in [0.1, 0.15) is 12.2 Å². The standard InChI is InChI=1S/C29H34O8/c1-29(2,3)37-25(30)14-9-15-35-28(33)19(16-26(31)34-4)17-27(32)36-18-24-22-12-7-5-10-20(22)21-11-6-8-13-23(21)24/h5-8,10-13,19,24H,9,14-18H2,1-4H3/t19-/m1/s1. The van der Waals surface area contributed by atoms with Crippen LogP contribution in [0.1, 0.15) is 63.5 Å². The van der Waals surface area contributed by atoms with E-state index in [1.165, 1.54) is 7.11 Å². The Morgan fingerprint density at radius 1 is 0.811 bits per heavy atom. The number of esters is 4. The van der Waals surface area contributed by atoms with Gasteiger partial charge in [0.2, 0.25) is 0 Å². The molecule has 1 aliphatic carbocycles. The highest BCUT2D eigenvalue weighted by Gasteiger charge is 2.31. The molecule has 0 heterocycles. The minimum absolute atomic E-state index is 0.0412. The predicted octanol–water partition coefficient (Wildman–Crippen LogP) is 4.58. The second-order valence-electron chi connectivity index (χ2n) is 9.95. The van der Waals surface area contributed by atoms with Gasteiger partial charge >= 0.3 is 23.9 Å². The maximum Gasteiger partial charge on any atom is 0.310 e. The molecule has 8 heteroatoms. The molecule has 0 bridgehead atoms. The van der Waals surface area contributed by atoms with E-state index in [1.807, 2.05) is 48.5 Å². The molecule has 3 rings (SSSR count). The Balaban J connectivity index is 1.55. The van der Waals surface area contributed by atoms with Crippen molar-refractivity contribution in [3.05, 3.63) is 59.7 Å². The lowest BCUT2D eigenvalue weighted by Gasteiger charge is -2.19. The number of fused-ring (bicyclic) bond motifs is 3. The Hall–Kier alpha value is -3.68. The van der Waals surface area contributed by atoms with E-state index in [2.05, 4.69) is 4.74 Å². The van der Waals surface area contributed by atoms with Gasteiger partial charge in [0.15, 0.2) is 0 Å².